The van der Waals surface area contributed by atoms with E-state index in [9.17, 15) is 10.1 Å². The molecule has 0 amide bonds. The Kier molecular flexibility index (Phi) is 3.84. The monoisotopic (exact) mass is 310 g/mol. The minimum Gasteiger partial charge on any atom is -0.298 e. The number of hydrogen-bond donors (Lipinski definition) is 0. The van der Waals surface area contributed by atoms with Crippen LogP contribution in [0.2, 0.25) is 0 Å². The van der Waals surface area contributed by atoms with Crippen molar-refractivity contribution in [3.63, 3.8) is 0 Å². The Morgan fingerprint density at radius 1 is 1.17 bits per heavy atom. The topological polar surface area (TPSA) is 44.1 Å². The van der Waals surface area contributed by atoms with E-state index in [4.69, 9.17) is 0 Å². The molecule has 0 radical (unpaired) electrons. The van der Waals surface area contributed by atoms with Crippen LogP contribution in [0.1, 0.15) is 45.2 Å². The lowest BCUT2D eigenvalue weighted by Gasteiger charge is -2.55. The van der Waals surface area contributed by atoms with E-state index in [1.54, 1.807) is 0 Å². The fraction of sp³-hybridized carbons (Fsp3) is 0.600. The van der Waals surface area contributed by atoms with E-state index in [-0.39, 0.29) is 17.2 Å². The van der Waals surface area contributed by atoms with Gasteiger partial charge in [-0.1, -0.05) is 52.0 Å². The van der Waals surface area contributed by atoms with E-state index in [1.165, 1.54) is 11.1 Å². The standard InChI is InChI=1S/C20H26N2O/c1-19(2)11-16(12-21)17(23)20(3,4)18(19)22-10-9-14-7-5-6-8-15(14)13-22/h5-8,16,18H,9-11,13H2,1-4H3. The zero-order valence-corrected chi connectivity index (χ0v) is 14.6. The van der Waals surface area contributed by atoms with Gasteiger partial charge in [0.1, 0.15) is 5.92 Å². The van der Waals surface area contributed by atoms with Gasteiger partial charge in [-0.05, 0) is 29.4 Å². The first-order valence-corrected chi connectivity index (χ1v) is 8.52. The molecule has 1 aliphatic carbocycles. The van der Waals surface area contributed by atoms with Gasteiger partial charge in [0, 0.05) is 24.5 Å². The highest BCUT2D eigenvalue weighted by atomic mass is 16.1. The van der Waals surface area contributed by atoms with E-state index in [2.05, 4.69) is 49.1 Å². The van der Waals surface area contributed by atoms with Gasteiger partial charge < -0.3 is 0 Å². The maximum Gasteiger partial charge on any atom is 0.157 e. The number of Topliss-reactive ketones (excluding diaryl/α,β-unsaturated/α-hetero) is 1. The van der Waals surface area contributed by atoms with Crippen LogP contribution in [0.3, 0.4) is 0 Å². The molecule has 3 heteroatoms. The zero-order chi connectivity index (χ0) is 16.8. The summed E-state index contributed by atoms with van der Waals surface area (Å²) in [5.41, 5.74) is 2.26. The van der Waals surface area contributed by atoms with Crippen molar-refractivity contribution in [1.82, 2.24) is 4.90 Å². The summed E-state index contributed by atoms with van der Waals surface area (Å²) in [5.74, 6) is -0.350. The summed E-state index contributed by atoms with van der Waals surface area (Å²) in [5, 5.41) is 9.37. The van der Waals surface area contributed by atoms with Gasteiger partial charge in [-0.3, -0.25) is 9.69 Å². The molecule has 1 heterocycles. The molecule has 0 bridgehead atoms. The highest BCUT2D eigenvalue weighted by molar-refractivity contribution is 5.90. The molecule has 0 saturated heterocycles. The van der Waals surface area contributed by atoms with Crippen LogP contribution >= 0.6 is 0 Å². The van der Waals surface area contributed by atoms with Crippen LogP contribution in [0.5, 0.6) is 0 Å². The molecule has 0 N–H and O–H groups in total. The molecule has 1 aliphatic heterocycles. The molecule has 2 aliphatic rings. The molecule has 0 aromatic heterocycles. The van der Waals surface area contributed by atoms with Crippen LogP contribution in [0.25, 0.3) is 0 Å². The zero-order valence-electron chi connectivity index (χ0n) is 14.6. The Bertz CT molecular complexity index is 668. The van der Waals surface area contributed by atoms with Gasteiger partial charge in [-0.25, -0.2) is 0 Å². The highest BCUT2D eigenvalue weighted by Gasteiger charge is 2.55. The summed E-state index contributed by atoms with van der Waals surface area (Å²) in [7, 11) is 0. The van der Waals surface area contributed by atoms with Gasteiger partial charge in [0.25, 0.3) is 0 Å². The van der Waals surface area contributed by atoms with Gasteiger partial charge in [0.15, 0.2) is 5.78 Å². The molecule has 2 unspecified atom stereocenters. The maximum absolute atomic E-state index is 12.8. The van der Waals surface area contributed by atoms with E-state index in [0.29, 0.717) is 6.42 Å². The number of nitriles is 1. The Morgan fingerprint density at radius 2 is 1.83 bits per heavy atom. The summed E-state index contributed by atoms with van der Waals surface area (Å²) < 4.78 is 0. The number of benzene rings is 1. The summed E-state index contributed by atoms with van der Waals surface area (Å²) in [4.78, 5) is 15.3. The molecule has 1 aromatic rings. The van der Waals surface area contributed by atoms with Crippen molar-refractivity contribution in [3.05, 3.63) is 35.4 Å². The number of fused-ring (bicyclic) bond motifs is 1. The second kappa shape index (κ2) is 5.46. The van der Waals surface area contributed by atoms with Crippen LogP contribution in [-0.2, 0) is 17.8 Å². The van der Waals surface area contributed by atoms with Crippen LogP contribution in [0.4, 0.5) is 0 Å². The Hall–Kier alpha value is -1.66. The molecule has 3 nitrogen and oxygen atoms in total. The number of nitrogens with zero attached hydrogens (tertiary/aromatic N) is 2. The van der Waals surface area contributed by atoms with Crippen molar-refractivity contribution in [2.24, 2.45) is 16.7 Å². The maximum atomic E-state index is 12.8. The second-order valence-electron chi connectivity index (χ2n) is 8.35. The first-order valence-electron chi connectivity index (χ1n) is 8.52. The number of carbonyl (C=O) groups excluding carboxylic acids is 1. The third-order valence-electron chi connectivity index (χ3n) is 5.79. The molecule has 1 fully saturated rings. The van der Waals surface area contributed by atoms with Crippen LogP contribution < -0.4 is 0 Å². The van der Waals surface area contributed by atoms with Gasteiger partial charge in [0.2, 0.25) is 0 Å². The number of carbonyl (C=O) groups is 1. The highest BCUT2D eigenvalue weighted by Crippen LogP contribution is 2.49. The average Bonchev–Trinajstić information content (AvgIpc) is 2.50. The number of ketones is 1. The van der Waals surface area contributed by atoms with Crippen molar-refractivity contribution in [3.8, 4) is 6.07 Å². The third kappa shape index (κ3) is 2.60. The number of rotatable bonds is 1. The first kappa shape index (κ1) is 16.2. The van der Waals surface area contributed by atoms with Gasteiger partial charge in [0.05, 0.1) is 6.07 Å². The Morgan fingerprint density at radius 3 is 2.48 bits per heavy atom. The smallest absolute Gasteiger partial charge is 0.157 e. The van der Waals surface area contributed by atoms with Gasteiger partial charge in [-0.15, -0.1) is 0 Å². The molecule has 1 saturated carbocycles. The molecule has 0 spiro atoms. The predicted molar refractivity (Wildman–Crippen MR) is 90.6 cm³/mol. The lowest BCUT2D eigenvalue weighted by molar-refractivity contribution is -0.146. The van der Waals surface area contributed by atoms with Crippen molar-refractivity contribution < 1.29 is 4.79 Å². The summed E-state index contributed by atoms with van der Waals surface area (Å²) in [6.07, 6.45) is 1.70. The molecule has 3 rings (SSSR count). The van der Waals surface area contributed by atoms with Crippen molar-refractivity contribution in [1.29, 1.82) is 5.26 Å². The molecule has 122 valence electrons. The fourth-order valence-corrected chi connectivity index (χ4v) is 5.08. The largest absolute Gasteiger partial charge is 0.298 e. The molecule has 2 atom stereocenters. The molecule has 1 aromatic carbocycles. The van der Waals surface area contributed by atoms with E-state index in [0.717, 1.165) is 19.5 Å². The normalized spacial score (nSPS) is 29.6. The lowest BCUT2D eigenvalue weighted by Crippen LogP contribution is -2.62. The third-order valence-corrected chi connectivity index (χ3v) is 5.79. The lowest BCUT2D eigenvalue weighted by atomic mass is 9.56. The summed E-state index contributed by atoms with van der Waals surface area (Å²) in [6, 6.07) is 11.0. The van der Waals surface area contributed by atoms with Crippen LogP contribution in [0.15, 0.2) is 24.3 Å². The van der Waals surface area contributed by atoms with E-state index in [1.807, 2.05) is 13.8 Å². The molecular weight excluding hydrogens is 284 g/mol. The van der Waals surface area contributed by atoms with Crippen LogP contribution in [0, 0.1) is 28.1 Å². The summed E-state index contributed by atoms with van der Waals surface area (Å²) >= 11 is 0. The Balaban J connectivity index is 1.95. The van der Waals surface area contributed by atoms with Crippen molar-refractivity contribution in [2.45, 2.75) is 53.1 Å². The summed E-state index contributed by atoms with van der Waals surface area (Å²) in [6.45, 7) is 10.4. The first-order chi connectivity index (χ1) is 10.8. The average molecular weight is 310 g/mol. The predicted octanol–water partition coefficient (Wildman–Crippen LogP) is 3.58. The Labute approximate surface area is 139 Å². The minimum absolute atomic E-state index is 0.0515. The van der Waals surface area contributed by atoms with E-state index < -0.39 is 11.3 Å². The van der Waals surface area contributed by atoms with Crippen LogP contribution in [-0.4, -0.2) is 23.3 Å². The molecule has 23 heavy (non-hydrogen) atoms. The molecular formula is C20H26N2O. The minimum atomic E-state index is -0.492. The van der Waals surface area contributed by atoms with E-state index >= 15 is 0 Å². The second-order valence-corrected chi connectivity index (χ2v) is 8.35. The van der Waals surface area contributed by atoms with Crippen molar-refractivity contribution >= 4 is 5.78 Å². The quantitative estimate of drug-likeness (QED) is 0.796. The van der Waals surface area contributed by atoms with Gasteiger partial charge in [-0.2, -0.15) is 5.26 Å². The van der Waals surface area contributed by atoms with Crippen molar-refractivity contribution in [2.75, 3.05) is 6.54 Å². The van der Waals surface area contributed by atoms with Gasteiger partial charge >= 0.3 is 0 Å². The fourth-order valence-electron chi connectivity index (χ4n) is 5.08. The SMILES string of the molecule is CC1(C)CC(C#N)C(=O)C(C)(C)C1N1CCc2ccccc2C1. The number of hydrogen-bond acceptors (Lipinski definition) is 3.